The number of ether oxygens (including phenoxy) is 1. The number of hydrogen-bond acceptors (Lipinski definition) is 5. The summed E-state index contributed by atoms with van der Waals surface area (Å²) in [6.07, 6.45) is 0.766. The van der Waals surface area contributed by atoms with Gasteiger partial charge in [-0.3, -0.25) is 14.9 Å². The summed E-state index contributed by atoms with van der Waals surface area (Å²) in [5.41, 5.74) is 2.97. The van der Waals surface area contributed by atoms with E-state index >= 15 is 0 Å². The first-order valence-corrected chi connectivity index (χ1v) is 16.0. The van der Waals surface area contributed by atoms with Crippen molar-refractivity contribution in [2.75, 3.05) is 6.61 Å². The molecule has 4 aromatic rings. The van der Waals surface area contributed by atoms with Crippen LogP contribution in [0.3, 0.4) is 0 Å². The van der Waals surface area contributed by atoms with Crippen molar-refractivity contribution in [1.29, 1.82) is 0 Å². The monoisotopic (exact) mass is 619 g/mol. The zero-order chi connectivity index (χ0) is 32.9. The lowest BCUT2D eigenvalue weighted by molar-refractivity contribution is -0.147. The smallest absolute Gasteiger partial charge is 0.328 e. The fourth-order valence-corrected chi connectivity index (χ4v) is 5.75. The first kappa shape index (κ1) is 34.1. The second kappa shape index (κ2) is 16.5. The van der Waals surface area contributed by atoms with Gasteiger partial charge < -0.3 is 15.4 Å². The summed E-state index contributed by atoms with van der Waals surface area (Å²) >= 11 is 0. The molecule has 0 fully saturated rings. The Bertz CT molecular complexity index is 1430. The Balaban J connectivity index is 1.78. The molecule has 0 saturated carbocycles. The van der Waals surface area contributed by atoms with Crippen LogP contribution in [0.1, 0.15) is 56.4 Å². The number of rotatable bonds is 15. The minimum atomic E-state index is -0.908. The molecule has 2 amide bonds. The van der Waals surface area contributed by atoms with Crippen molar-refractivity contribution in [2.45, 2.75) is 64.2 Å². The molecule has 0 aliphatic carbocycles. The molecule has 0 unspecified atom stereocenters. The number of carbonyl (C=O) groups excluding carboxylic acids is 3. The molecular weight excluding hydrogens is 574 g/mol. The van der Waals surface area contributed by atoms with Gasteiger partial charge in [0.25, 0.3) is 0 Å². The second-order valence-corrected chi connectivity index (χ2v) is 11.9. The van der Waals surface area contributed by atoms with Gasteiger partial charge in [-0.25, -0.2) is 4.79 Å². The highest BCUT2D eigenvalue weighted by molar-refractivity contribution is 5.92. The molecule has 0 saturated heterocycles. The SMILES string of the molecule is CCOC(=O)[C@H](C)NC(=O)[C@H](CC(C)C)NC(=O)[C@H](Cc1ccccc1)NC(c1ccccc1)(c1ccccc1)c1ccccc1. The Morgan fingerprint density at radius 2 is 1.07 bits per heavy atom. The third kappa shape index (κ3) is 8.70. The number of nitrogens with one attached hydrogen (secondary N) is 3. The molecule has 0 radical (unpaired) electrons. The minimum Gasteiger partial charge on any atom is -0.464 e. The van der Waals surface area contributed by atoms with Crippen molar-refractivity contribution >= 4 is 17.8 Å². The summed E-state index contributed by atoms with van der Waals surface area (Å²) in [5.74, 6) is -1.17. The van der Waals surface area contributed by atoms with E-state index in [9.17, 15) is 14.4 Å². The van der Waals surface area contributed by atoms with E-state index in [1.54, 1.807) is 13.8 Å². The van der Waals surface area contributed by atoms with Crippen molar-refractivity contribution in [2.24, 2.45) is 5.92 Å². The predicted octanol–water partition coefficient (Wildman–Crippen LogP) is 5.78. The van der Waals surface area contributed by atoms with Crippen LogP contribution in [0.4, 0.5) is 0 Å². The maximum atomic E-state index is 14.5. The predicted molar refractivity (Wildman–Crippen MR) is 182 cm³/mol. The molecule has 4 aromatic carbocycles. The Morgan fingerprint density at radius 1 is 0.630 bits per heavy atom. The van der Waals surface area contributed by atoms with Gasteiger partial charge in [0, 0.05) is 0 Å². The summed E-state index contributed by atoms with van der Waals surface area (Å²) in [6.45, 7) is 7.49. The number of amides is 2. The van der Waals surface area contributed by atoms with Crippen molar-refractivity contribution < 1.29 is 19.1 Å². The van der Waals surface area contributed by atoms with Gasteiger partial charge in [-0.2, -0.15) is 0 Å². The average molecular weight is 620 g/mol. The van der Waals surface area contributed by atoms with Crippen LogP contribution >= 0.6 is 0 Å². The Hall–Kier alpha value is -4.75. The number of hydrogen-bond donors (Lipinski definition) is 3. The Morgan fingerprint density at radius 3 is 1.50 bits per heavy atom. The normalized spacial score (nSPS) is 13.3. The van der Waals surface area contributed by atoms with E-state index in [0.29, 0.717) is 12.8 Å². The molecule has 0 heterocycles. The van der Waals surface area contributed by atoms with Crippen molar-refractivity contribution in [1.82, 2.24) is 16.0 Å². The highest BCUT2D eigenvalue weighted by Gasteiger charge is 2.40. The maximum Gasteiger partial charge on any atom is 0.328 e. The van der Waals surface area contributed by atoms with Crippen molar-refractivity contribution in [3.05, 3.63) is 144 Å². The van der Waals surface area contributed by atoms with Gasteiger partial charge in [0.15, 0.2) is 0 Å². The molecular formula is C39H45N3O4. The van der Waals surface area contributed by atoms with Gasteiger partial charge in [0.2, 0.25) is 11.8 Å². The zero-order valence-electron chi connectivity index (χ0n) is 27.1. The molecule has 0 aromatic heterocycles. The molecule has 4 rings (SSSR count). The molecule has 0 aliphatic heterocycles. The molecule has 0 aliphatic rings. The molecule has 3 N–H and O–H groups in total. The summed E-state index contributed by atoms with van der Waals surface area (Å²) in [5, 5.41) is 9.62. The Labute approximate surface area is 272 Å². The van der Waals surface area contributed by atoms with E-state index in [0.717, 1.165) is 22.3 Å². The summed E-state index contributed by atoms with van der Waals surface area (Å²) in [6, 6.07) is 37.7. The Kier molecular flexibility index (Phi) is 12.3. The van der Waals surface area contributed by atoms with E-state index in [4.69, 9.17) is 4.74 Å². The highest BCUT2D eigenvalue weighted by atomic mass is 16.5. The van der Waals surface area contributed by atoms with Crippen LogP contribution in [0.5, 0.6) is 0 Å². The van der Waals surface area contributed by atoms with Crippen molar-refractivity contribution in [3.8, 4) is 0 Å². The van der Waals surface area contributed by atoms with Gasteiger partial charge in [-0.15, -0.1) is 0 Å². The largest absolute Gasteiger partial charge is 0.464 e. The van der Waals surface area contributed by atoms with Gasteiger partial charge >= 0.3 is 5.97 Å². The van der Waals surface area contributed by atoms with Crippen LogP contribution in [0.15, 0.2) is 121 Å². The van der Waals surface area contributed by atoms with E-state index < -0.39 is 35.5 Å². The molecule has 0 spiro atoms. The summed E-state index contributed by atoms with van der Waals surface area (Å²) < 4.78 is 5.08. The van der Waals surface area contributed by atoms with Crippen LogP contribution in [0.2, 0.25) is 0 Å². The molecule has 7 heteroatoms. The number of esters is 1. The molecule has 0 bridgehead atoms. The average Bonchev–Trinajstić information content (AvgIpc) is 3.08. The fourth-order valence-electron chi connectivity index (χ4n) is 5.75. The number of carbonyl (C=O) groups is 3. The van der Waals surface area contributed by atoms with Gasteiger partial charge in [0.1, 0.15) is 12.1 Å². The molecule has 240 valence electrons. The van der Waals surface area contributed by atoms with Crippen LogP contribution in [0, 0.1) is 5.92 Å². The van der Waals surface area contributed by atoms with Crippen LogP contribution in [0.25, 0.3) is 0 Å². The summed E-state index contributed by atoms with van der Waals surface area (Å²) in [7, 11) is 0. The maximum absolute atomic E-state index is 14.5. The molecule has 7 nitrogen and oxygen atoms in total. The lowest BCUT2D eigenvalue weighted by Crippen LogP contribution is -2.59. The second-order valence-electron chi connectivity index (χ2n) is 11.9. The topological polar surface area (TPSA) is 96.5 Å². The lowest BCUT2D eigenvalue weighted by Gasteiger charge is -2.40. The van der Waals surface area contributed by atoms with Gasteiger partial charge in [-0.05, 0) is 54.9 Å². The lowest BCUT2D eigenvalue weighted by atomic mass is 9.76. The molecule has 46 heavy (non-hydrogen) atoms. The van der Waals surface area contributed by atoms with Crippen molar-refractivity contribution in [3.63, 3.8) is 0 Å². The number of benzene rings is 4. The van der Waals surface area contributed by atoms with Gasteiger partial charge in [0.05, 0.1) is 18.2 Å². The van der Waals surface area contributed by atoms with Crippen LogP contribution < -0.4 is 16.0 Å². The fraction of sp³-hybridized carbons (Fsp3) is 0.308. The standard InChI is InChI=1S/C39H45N3O4/c1-5-46-38(45)29(4)40-36(43)34(26-28(2)3)41-37(44)35(27-30-18-10-6-11-19-30)42-39(31-20-12-7-13-21-31,32-22-14-8-15-23-32)33-24-16-9-17-25-33/h6-25,28-29,34-35,42H,5,26-27H2,1-4H3,(H,40,43)(H,41,44)/t29-,34-,35-/m0/s1. The quantitative estimate of drug-likeness (QED) is 0.116. The highest BCUT2D eigenvalue weighted by Crippen LogP contribution is 2.37. The van der Waals surface area contributed by atoms with E-state index in [-0.39, 0.29) is 18.4 Å². The van der Waals surface area contributed by atoms with Crippen LogP contribution in [-0.2, 0) is 31.1 Å². The van der Waals surface area contributed by atoms with Crippen LogP contribution in [-0.4, -0.2) is 42.5 Å². The van der Waals surface area contributed by atoms with E-state index in [2.05, 4.69) is 52.3 Å². The third-order valence-corrected chi connectivity index (χ3v) is 7.95. The molecule has 3 atom stereocenters. The van der Waals surface area contributed by atoms with E-state index in [1.807, 2.05) is 98.8 Å². The third-order valence-electron chi connectivity index (χ3n) is 7.95. The van der Waals surface area contributed by atoms with Gasteiger partial charge in [-0.1, -0.05) is 135 Å². The first-order valence-electron chi connectivity index (χ1n) is 16.0. The minimum absolute atomic E-state index is 0.103. The zero-order valence-corrected chi connectivity index (χ0v) is 27.1. The first-order chi connectivity index (χ1) is 22.2. The summed E-state index contributed by atoms with van der Waals surface area (Å²) in [4.78, 5) is 40.3. The van der Waals surface area contributed by atoms with E-state index in [1.165, 1.54) is 0 Å².